The molecule has 1 nitrogen and oxygen atoms in total. The third-order valence-electron chi connectivity index (χ3n) is 3.24. The molecular formula is C15H14OS. The van der Waals surface area contributed by atoms with Crippen LogP contribution in [0.3, 0.4) is 0 Å². The molecule has 1 heterocycles. The van der Waals surface area contributed by atoms with Crippen molar-refractivity contribution in [1.82, 2.24) is 0 Å². The molecule has 1 atom stereocenters. The second kappa shape index (κ2) is 4.13. The number of thiophene rings is 1. The molecule has 0 amide bonds. The Morgan fingerprint density at radius 3 is 2.65 bits per heavy atom. The predicted octanol–water partition coefficient (Wildman–Crippen LogP) is 4.15. The molecule has 0 fully saturated rings. The van der Waals surface area contributed by atoms with Gasteiger partial charge in [-0.15, -0.1) is 11.3 Å². The van der Waals surface area contributed by atoms with E-state index in [-0.39, 0.29) is 12.5 Å². The number of fused-ring (bicyclic) bond motifs is 3. The largest absolute Gasteiger partial charge is 0.396 e. The molecule has 0 saturated heterocycles. The van der Waals surface area contributed by atoms with Gasteiger partial charge in [-0.1, -0.05) is 31.2 Å². The lowest BCUT2D eigenvalue weighted by Crippen LogP contribution is -1.97. The van der Waals surface area contributed by atoms with Gasteiger partial charge < -0.3 is 5.11 Å². The number of hydrogen-bond donors (Lipinski definition) is 1. The molecule has 86 valence electrons. The second-order valence-corrected chi connectivity index (χ2v) is 5.52. The summed E-state index contributed by atoms with van der Waals surface area (Å²) in [4.78, 5) is 0. The first-order chi connectivity index (χ1) is 8.29. The summed E-state index contributed by atoms with van der Waals surface area (Å²) < 4.78 is 2.65. The lowest BCUT2D eigenvalue weighted by Gasteiger charge is -2.07. The average molecular weight is 242 g/mol. The third kappa shape index (κ3) is 1.74. The lowest BCUT2D eigenvalue weighted by atomic mass is 10.00. The molecule has 0 saturated carbocycles. The van der Waals surface area contributed by atoms with E-state index in [4.69, 9.17) is 0 Å². The third-order valence-corrected chi connectivity index (χ3v) is 4.40. The number of aliphatic hydroxyl groups excluding tert-OH is 1. The molecule has 3 aromatic rings. The normalized spacial score (nSPS) is 13.3. The van der Waals surface area contributed by atoms with Gasteiger partial charge in [-0.2, -0.15) is 0 Å². The Labute approximate surface area is 104 Å². The Kier molecular flexibility index (Phi) is 2.61. The van der Waals surface area contributed by atoms with Crippen molar-refractivity contribution in [3.8, 4) is 0 Å². The Bertz CT molecular complexity index is 669. The Morgan fingerprint density at radius 2 is 1.82 bits per heavy atom. The minimum absolute atomic E-state index is 0.202. The van der Waals surface area contributed by atoms with E-state index in [0.717, 1.165) is 0 Å². The summed E-state index contributed by atoms with van der Waals surface area (Å²) in [5.41, 5.74) is 1.21. The van der Waals surface area contributed by atoms with Crippen molar-refractivity contribution >= 4 is 31.5 Å². The fourth-order valence-corrected chi connectivity index (χ4v) is 3.24. The van der Waals surface area contributed by atoms with Crippen molar-refractivity contribution in [2.75, 3.05) is 6.61 Å². The summed E-state index contributed by atoms with van der Waals surface area (Å²) >= 11 is 1.83. The standard InChI is InChI=1S/C15H14OS/c1-10(9-16)11-6-7-15-13(8-11)12-4-2-3-5-14(12)17-15/h2-8,10,16H,9H2,1H3. The van der Waals surface area contributed by atoms with Crippen LogP contribution in [0.2, 0.25) is 0 Å². The highest BCUT2D eigenvalue weighted by atomic mass is 32.1. The van der Waals surface area contributed by atoms with Gasteiger partial charge in [0.25, 0.3) is 0 Å². The number of rotatable bonds is 2. The van der Waals surface area contributed by atoms with Gasteiger partial charge in [-0.25, -0.2) is 0 Å². The zero-order chi connectivity index (χ0) is 11.8. The Hall–Kier alpha value is -1.38. The maximum Gasteiger partial charge on any atom is 0.0497 e. The van der Waals surface area contributed by atoms with Crippen molar-refractivity contribution < 1.29 is 5.11 Å². The first kappa shape index (κ1) is 10.8. The summed E-state index contributed by atoms with van der Waals surface area (Å²) in [6.45, 7) is 2.25. The van der Waals surface area contributed by atoms with E-state index < -0.39 is 0 Å². The van der Waals surface area contributed by atoms with Gasteiger partial charge in [0.05, 0.1) is 0 Å². The predicted molar refractivity (Wildman–Crippen MR) is 74.8 cm³/mol. The van der Waals surface area contributed by atoms with Gasteiger partial charge in [0, 0.05) is 32.7 Å². The SMILES string of the molecule is CC(CO)c1ccc2sc3ccccc3c2c1. The highest BCUT2D eigenvalue weighted by molar-refractivity contribution is 7.25. The molecule has 1 N–H and O–H groups in total. The first-order valence-electron chi connectivity index (χ1n) is 5.81. The van der Waals surface area contributed by atoms with Gasteiger partial charge in [0.15, 0.2) is 0 Å². The molecule has 0 spiro atoms. The minimum atomic E-state index is 0.202. The fourth-order valence-electron chi connectivity index (χ4n) is 2.16. The maximum atomic E-state index is 9.23. The monoisotopic (exact) mass is 242 g/mol. The zero-order valence-electron chi connectivity index (χ0n) is 9.68. The fraction of sp³-hybridized carbons (Fsp3) is 0.200. The smallest absolute Gasteiger partial charge is 0.0497 e. The van der Waals surface area contributed by atoms with Crippen molar-refractivity contribution in [3.63, 3.8) is 0 Å². The summed E-state index contributed by atoms with van der Waals surface area (Å²) in [5.74, 6) is 0.207. The summed E-state index contributed by atoms with van der Waals surface area (Å²) in [6, 6.07) is 15.0. The van der Waals surface area contributed by atoms with Gasteiger partial charge in [-0.05, 0) is 23.8 Å². The van der Waals surface area contributed by atoms with Gasteiger partial charge in [-0.3, -0.25) is 0 Å². The van der Waals surface area contributed by atoms with Crippen molar-refractivity contribution in [1.29, 1.82) is 0 Å². The number of hydrogen-bond acceptors (Lipinski definition) is 2. The zero-order valence-corrected chi connectivity index (χ0v) is 10.5. The van der Waals surface area contributed by atoms with Crippen LogP contribution in [0.25, 0.3) is 20.2 Å². The highest BCUT2D eigenvalue weighted by Gasteiger charge is 2.08. The molecule has 2 heteroatoms. The van der Waals surface area contributed by atoms with E-state index in [1.54, 1.807) is 0 Å². The first-order valence-corrected chi connectivity index (χ1v) is 6.63. The molecule has 0 radical (unpaired) electrons. The molecule has 2 aromatic carbocycles. The van der Waals surface area contributed by atoms with Crippen LogP contribution in [0.4, 0.5) is 0 Å². The van der Waals surface area contributed by atoms with Crippen LogP contribution in [-0.2, 0) is 0 Å². The summed E-state index contributed by atoms with van der Waals surface area (Å²) in [7, 11) is 0. The van der Waals surface area contributed by atoms with Crippen LogP contribution in [0.15, 0.2) is 42.5 Å². The molecule has 0 aliphatic heterocycles. The molecule has 0 aliphatic carbocycles. The van der Waals surface area contributed by atoms with E-state index in [1.165, 1.54) is 25.7 Å². The van der Waals surface area contributed by atoms with E-state index in [0.29, 0.717) is 0 Å². The van der Waals surface area contributed by atoms with Crippen LogP contribution in [-0.4, -0.2) is 11.7 Å². The summed E-state index contributed by atoms with van der Waals surface area (Å²) in [6.07, 6.45) is 0. The molecule has 0 bridgehead atoms. The van der Waals surface area contributed by atoms with Crippen LogP contribution in [0, 0.1) is 0 Å². The van der Waals surface area contributed by atoms with Crippen molar-refractivity contribution in [2.24, 2.45) is 0 Å². The topological polar surface area (TPSA) is 20.2 Å². The minimum Gasteiger partial charge on any atom is -0.396 e. The summed E-state index contributed by atoms with van der Waals surface area (Å²) in [5, 5.41) is 11.9. The molecule has 1 unspecified atom stereocenters. The van der Waals surface area contributed by atoms with E-state index in [9.17, 15) is 5.11 Å². The molecule has 3 rings (SSSR count). The highest BCUT2D eigenvalue weighted by Crippen LogP contribution is 2.35. The quantitative estimate of drug-likeness (QED) is 0.715. The molecule has 17 heavy (non-hydrogen) atoms. The van der Waals surface area contributed by atoms with Crippen LogP contribution < -0.4 is 0 Å². The lowest BCUT2D eigenvalue weighted by molar-refractivity contribution is 0.273. The van der Waals surface area contributed by atoms with Crippen molar-refractivity contribution in [2.45, 2.75) is 12.8 Å². The molecule has 0 aliphatic rings. The van der Waals surface area contributed by atoms with Gasteiger partial charge >= 0.3 is 0 Å². The van der Waals surface area contributed by atoms with E-state index >= 15 is 0 Å². The van der Waals surface area contributed by atoms with Crippen LogP contribution in [0.1, 0.15) is 18.4 Å². The molecule has 1 aromatic heterocycles. The number of aliphatic hydroxyl groups is 1. The van der Waals surface area contributed by atoms with E-state index in [1.807, 2.05) is 11.3 Å². The van der Waals surface area contributed by atoms with Gasteiger partial charge in [0.2, 0.25) is 0 Å². The molecular weight excluding hydrogens is 228 g/mol. The average Bonchev–Trinajstić information content (AvgIpc) is 2.75. The maximum absolute atomic E-state index is 9.23. The van der Waals surface area contributed by atoms with Crippen LogP contribution in [0.5, 0.6) is 0 Å². The Morgan fingerprint density at radius 1 is 1.06 bits per heavy atom. The Balaban J connectivity index is 2.30. The van der Waals surface area contributed by atoms with E-state index in [2.05, 4.69) is 49.4 Å². The van der Waals surface area contributed by atoms with Crippen LogP contribution >= 0.6 is 11.3 Å². The van der Waals surface area contributed by atoms with Gasteiger partial charge in [0.1, 0.15) is 0 Å². The number of benzene rings is 2. The second-order valence-electron chi connectivity index (χ2n) is 4.44. The van der Waals surface area contributed by atoms with Crippen molar-refractivity contribution in [3.05, 3.63) is 48.0 Å².